The minimum atomic E-state index is -4.07. The quantitative estimate of drug-likeness (QED) is 0.847. The maximum absolute atomic E-state index is 13.9. The number of hydrogen-bond donors (Lipinski definition) is 2. The highest BCUT2D eigenvalue weighted by Gasteiger charge is 2.23. The Morgan fingerprint density at radius 1 is 1.29 bits per heavy atom. The Labute approximate surface area is 122 Å². The Balaban J connectivity index is 2.51. The van der Waals surface area contributed by atoms with Crippen LogP contribution >= 0.6 is 0 Å². The molecule has 0 bridgehead atoms. The van der Waals surface area contributed by atoms with Gasteiger partial charge in [0.15, 0.2) is 0 Å². The van der Waals surface area contributed by atoms with Gasteiger partial charge < -0.3 is 5.73 Å². The molecule has 1 aromatic carbocycles. The summed E-state index contributed by atoms with van der Waals surface area (Å²) >= 11 is 0. The van der Waals surface area contributed by atoms with E-state index in [2.05, 4.69) is 9.82 Å². The highest BCUT2D eigenvalue weighted by Crippen LogP contribution is 2.26. The molecule has 1 aromatic heterocycles. The fourth-order valence-electron chi connectivity index (χ4n) is 1.99. The van der Waals surface area contributed by atoms with Gasteiger partial charge in [0.2, 0.25) is 0 Å². The van der Waals surface area contributed by atoms with Crippen molar-refractivity contribution in [3.63, 3.8) is 0 Å². The van der Waals surface area contributed by atoms with Gasteiger partial charge in [-0.25, -0.2) is 12.8 Å². The Morgan fingerprint density at radius 2 is 1.90 bits per heavy atom. The van der Waals surface area contributed by atoms with Crippen molar-refractivity contribution < 1.29 is 12.8 Å². The number of nitrogens with one attached hydrogen (secondary N) is 1. The van der Waals surface area contributed by atoms with Gasteiger partial charge in [-0.15, -0.1) is 0 Å². The number of aryl methyl sites for hydroxylation is 3. The average molecular weight is 312 g/mol. The van der Waals surface area contributed by atoms with Gasteiger partial charge in [-0.05, 0) is 38.5 Å². The Hall–Kier alpha value is -2.09. The largest absolute Gasteiger partial charge is 0.398 e. The molecule has 0 saturated carbocycles. The van der Waals surface area contributed by atoms with Crippen LogP contribution in [0.4, 0.5) is 15.8 Å². The van der Waals surface area contributed by atoms with Crippen LogP contribution in [0.5, 0.6) is 0 Å². The highest BCUT2D eigenvalue weighted by molar-refractivity contribution is 7.92. The molecule has 8 heteroatoms. The smallest absolute Gasteiger partial charge is 0.265 e. The number of hydrogen-bond acceptors (Lipinski definition) is 4. The van der Waals surface area contributed by atoms with Gasteiger partial charge in [0.25, 0.3) is 10.0 Å². The van der Waals surface area contributed by atoms with Crippen molar-refractivity contribution in [2.45, 2.75) is 25.7 Å². The second kappa shape index (κ2) is 5.03. The summed E-state index contributed by atoms with van der Waals surface area (Å²) in [6.45, 7) is 5.00. The SMILES string of the molecule is Cc1cc(F)c(S(=O)(=O)Nc2c(C)nn(C)c2C)cc1N. The van der Waals surface area contributed by atoms with Crippen LogP contribution in [0.25, 0.3) is 0 Å². The third-order valence-corrected chi connectivity index (χ3v) is 4.72. The van der Waals surface area contributed by atoms with Crippen LogP contribution in [0.15, 0.2) is 17.0 Å². The monoisotopic (exact) mass is 312 g/mol. The summed E-state index contributed by atoms with van der Waals surface area (Å²) in [6, 6.07) is 2.22. The van der Waals surface area contributed by atoms with Crippen LogP contribution in [0.2, 0.25) is 0 Å². The maximum atomic E-state index is 13.9. The summed E-state index contributed by atoms with van der Waals surface area (Å²) in [5, 5.41) is 4.11. The van der Waals surface area contributed by atoms with Crippen LogP contribution in [0.3, 0.4) is 0 Å². The van der Waals surface area contributed by atoms with Crippen LogP contribution in [0.1, 0.15) is 17.0 Å². The van der Waals surface area contributed by atoms with Gasteiger partial charge in [0.05, 0.1) is 17.1 Å². The van der Waals surface area contributed by atoms with Crippen molar-refractivity contribution in [2.24, 2.45) is 7.05 Å². The highest BCUT2D eigenvalue weighted by atomic mass is 32.2. The van der Waals surface area contributed by atoms with E-state index in [9.17, 15) is 12.8 Å². The summed E-state index contributed by atoms with van der Waals surface area (Å²) < 4.78 is 42.6. The lowest BCUT2D eigenvalue weighted by molar-refractivity contribution is 0.570. The normalized spacial score (nSPS) is 11.7. The molecule has 3 N–H and O–H groups in total. The van der Waals surface area contributed by atoms with Crippen LogP contribution < -0.4 is 10.5 Å². The summed E-state index contributed by atoms with van der Waals surface area (Å²) in [5.74, 6) is -0.839. The van der Waals surface area contributed by atoms with E-state index in [4.69, 9.17) is 5.73 Å². The second-order valence-corrected chi connectivity index (χ2v) is 6.56. The van der Waals surface area contributed by atoms with Crippen molar-refractivity contribution in [1.82, 2.24) is 9.78 Å². The van der Waals surface area contributed by atoms with E-state index in [1.165, 1.54) is 0 Å². The molecule has 2 rings (SSSR count). The van der Waals surface area contributed by atoms with Crippen LogP contribution in [-0.4, -0.2) is 18.2 Å². The van der Waals surface area contributed by atoms with Gasteiger partial charge in [-0.1, -0.05) is 0 Å². The third-order valence-electron chi connectivity index (χ3n) is 3.36. The van der Waals surface area contributed by atoms with Gasteiger partial charge in [-0.3, -0.25) is 9.40 Å². The van der Waals surface area contributed by atoms with Gasteiger partial charge in [0, 0.05) is 12.7 Å². The number of rotatable bonds is 3. The lowest BCUT2D eigenvalue weighted by Crippen LogP contribution is -2.16. The molecule has 0 unspecified atom stereocenters. The number of aromatic nitrogens is 2. The number of anilines is 2. The molecule has 0 amide bonds. The van der Waals surface area contributed by atoms with Crippen LogP contribution in [-0.2, 0) is 17.1 Å². The zero-order valence-corrected chi connectivity index (χ0v) is 13.0. The minimum absolute atomic E-state index is 0.219. The maximum Gasteiger partial charge on any atom is 0.265 e. The van der Waals surface area contributed by atoms with Crippen molar-refractivity contribution >= 4 is 21.4 Å². The lowest BCUT2D eigenvalue weighted by atomic mass is 10.2. The molecule has 1 heterocycles. The predicted molar refractivity (Wildman–Crippen MR) is 79.0 cm³/mol. The van der Waals surface area contributed by atoms with Crippen molar-refractivity contribution in [3.05, 3.63) is 34.9 Å². The number of nitrogens with zero attached hydrogens (tertiary/aromatic N) is 2. The zero-order valence-electron chi connectivity index (χ0n) is 12.2. The molecular formula is C13H17FN4O2S. The first-order valence-corrected chi connectivity index (χ1v) is 7.70. The molecule has 0 spiro atoms. The molecule has 2 aromatic rings. The summed E-state index contributed by atoms with van der Waals surface area (Å²) in [7, 11) is -2.37. The molecule has 6 nitrogen and oxygen atoms in total. The molecule has 0 saturated heterocycles. The minimum Gasteiger partial charge on any atom is -0.398 e. The standard InChI is InChI=1S/C13H17FN4O2S/c1-7-5-10(14)12(6-11(7)15)21(19,20)17-13-8(2)16-18(4)9(13)3/h5-6,17H,15H2,1-4H3. The van der Waals surface area contributed by atoms with Gasteiger partial charge in [-0.2, -0.15) is 5.10 Å². The summed E-state index contributed by atoms with van der Waals surface area (Å²) in [5.41, 5.74) is 7.87. The number of nitrogens with two attached hydrogens (primary N) is 1. The molecular weight excluding hydrogens is 295 g/mol. The molecule has 0 radical (unpaired) electrons. The fourth-order valence-corrected chi connectivity index (χ4v) is 3.26. The molecule has 0 atom stereocenters. The fraction of sp³-hybridized carbons (Fsp3) is 0.308. The number of nitrogen functional groups attached to an aromatic ring is 1. The Bertz CT molecular complexity index is 812. The summed E-state index contributed by atoms with van der Waals surface area (Å²) in [6.07, 6.45) is 0. The molecule has 0 aliphatic rings. The Morgan fingerprint density at radius 3 is 2.43 bits per heavy atom. The molecule has 0 aliphatic carbocycles. The summed E-state index contributed by atoms with van der Waals surface area (Å²) in [4.78, 5) is -0.478. The molecule has 114 valence electrons. The predicted octanol–water partition coefficient (Wildman–Crippen LogP) is 1.87. The number of halogens is 1. The van der Waals surface area contributed by atoms with E-state index in [0.29, 0.717) is 22.6 Å². The first kappa shape index (κ1) is 15.3. The van der Waals surface area contributed by atoms with E-state index in [-0.39, 0.29) is 5.69 Å². The Kier molecular flexibility index (Phi) is 3.66. The van der Waals surface area contributed by atoms with E-state index < -0.39 is 20.7 Å². The molecule has 21 heavy (non-hydrogen) atoms. The molecule has 0 fully saturated rings. The number of sulfonamides is 1. The third kappa shape index (κ3) is 2.71. The van der Waals surface area contributed by atoms with Gasteiger partial charge >= 0.3 is 0 Å². The van der Waals surface area contributed by atoms with E-state index >= 15 is 0 Å². The number of benzene rings is 1. The van der Waals surface area contributed by atoms with Crippen LogP contribution in [0, 0.1) is 26.6 Å². The topological polar surface area (TPSA) is 90.0 Å². The average Bonchev–Trinajstić information content (AvgIpc) is 2.60. The lowest BCUT2D eigenvalue weighted by Gasteiger charge is -2.11. The second-order valence-electron chi connectivity index (χ2n) is 4.91. The van der Waals surface area contributed by atoms with Crippen molar-refractivity contribution in [2.75, 3.05) is 10.5 Å². The van der Waals surface area contributed by atoms with Crippen molar-refractivity contribution in [3.8, 4) is 0 Å². The van der Waals surface area contributed by atoms with Gasteiger partial charge in [0.1, 0.15) is 10.7 Å². The van der Waals surface area contributed by atoms with Crippen molar-refractivity contribution in [1.29, 1.82) is 0 Å². The zero-order chi connectivity index (χ0) is 15.9. The van der Waals surface area contributed by atoms with E-state index in [0.717, 1.165) is 12.1 Å². The molecule has 0 aliphatic heterocycles. The first-order chi connectivity index (χ1) is 9.63. The first-order valence-electron chi connectivity index (χ1n) is 6.22. The van der Waals surface area contributed by atoms with E-state index in [1.54, 1.807) is 32.5 Å². The van der Waals surface area contributed by atoms with E-state index in [1.807, 2.05) is 0 Å².